The predicted octanol–water partition coefficient (Wildman–Crippen LogP) is 3.86. The molecule has 9 nitrogen and oxygen atoms in total. The molecule has 10 heteroatoms. The smallest absolute Gasteiger partial charge is 0.253 e. The maximum Gasteiger partial charge on any atom is 0.253 e. The molecule has 1 aliphatic heterocycles. The van der Waals surface area contributed by atoms with Gasteiger partial charge in [-0.1, -0.05) is 44.4 Å². The number of aliphatic hydroxyl groups excluding tert-OH is 1. The zero-order valence-electron chi connectivity index (χ0n) is 24.7. The second-order valence-electron chi connectivity index (χ2n) is 11.7. The average Bonchev–Trinajstić information content (AvgIpc) is 2.97. The number of hydrogen-bond acceptors (Lipinski definition) is 6. The van der Waals surface area contributed by atoms with E-state index in [2.05, 4.69) is 0 Å². The Hall–Kier alpha value is -2.95. The fourth-order valence-corrected chi connectivity index (χ4v) is 7.53. The van der Waals surface area contributed by atoms with Crippen molar-refractivity contribution in [3.63, 3.8) is 0 Å². The summed E-state index contributed by atoms with van der Waals surface area (Å²) in [7, 11) is 1.21. The highest BCUT2D eigenvalue weighted by Gasteiger charge is 2.39. The van der Waals surface area contributed by atoms with E-state index in [1.807, 2.05) is 19.1 Å². The molecule has 1 aliphatic carbocycles. The number of hydrogen-bond donors (Lipinski definition) is 1. The Morgan fingerprint density at radius 3 is 2.27 bits per heavy atom. The van der Waals surface area contributed by atoms with Gasteiger partial charge in [0.25, 0.3) is 5.91 Å². The van der Waals surface area contributed by atoms with E-state index in [-0.39, 0.29) is 47.4 Å². The van der Waals surface area contributed by atoms with Gasteiger partial charge in [-0.15, -0.1) is 0 Å². The summed E-state index contributed by atoms with van der Waals surface area (Å²) >= 11 is 0. The summed E-state index contributed by atoms with van der Waals surface area (Å²) < 4.78 is 35.5. The normalized spacial score (nSPS) is 22.0. The summed E-state index contributed by atoms with van der Waals surface area (Å²) in [4.78, 5) is 28.9. The van der Waals surface area contributed by atoms with Crippen molar-refractivity contribution in [1.29, 1.82) is 0 Å². The molecule has 1 saturated carbocycles. The first-order chi connectivity index (χ1) is 19.4. The van der Waals surface area contributed by atoms with Crippen LogP contribution in [0.5, 0.6) is 5.75 Å². The number of sulfonamides is 1. The van der Waals surface area contributed by atoms with Gasteiger partial charge < -0.3 is 19.6 Å². The van der Waals surface area contributed by atoms with E-state index in [0.717, 1.165) is 43.2 Å². The van der Waals surface area contributed by atoms with Gasteiger partial charge >= 0.3 is 0 Å². The number of amides is 2. The summed E-state index contributed by atoms with van der Waals surface area (Å²) in [6.07, 6.45) is 4.62. The van der Waals surface area contributed by atoms with Gasteiger partial charge in [0.15, 0.2) is 0 Å². The first-order valence-electron chi connectivity index (χ1n) is 14.4. The Balaban J connectivity index is 1.70. The van der Waals surface area contributed by atoms with Gasteiger partial charge in [0.1, 0.15) is 16.7 Å². The minimum absolute atomic E-state index is 0.0186. The van der Waals surface area contributed by atoms with Crippen LogP contribution in [-0.2, 0) is 14.8 Å². The van der Waals surface area contributed by atoms with Crippen LogP contribution in [0.2, 0.25) is 0 Å². The van der Waals surface area contributed by atoms with Crippen LogP contribution in [0.15, 0.2) is 47.4 Å². The molecule has 0 unspecified atom stereocenters. The predicted molar refractivity (Wildman–Crippen MR) is 158 cm³/mol. The maximum absolute atomic E-state index is 13.8. The Morgan fingerprint density at radius 2 is 1.66 bits per heavy atom. The molecule has 2 amide bonds. The van der Waals surface area contributed by atoms with Crippen LogP contribution in [0, 0.1) is 11.8 Å². The monoisotopic (exact) mass is 585 g/mol. The summed E-state index contributed by atoms with van der Waals surface area (Å²) in [6.45, 7) is 3.77. The molecule has 0 bridgehead atoms. The molecule has 41 heavy (non-hydrogen) atoms. The summed E-state index contributed by atoms with van der Waals surface area (Å²) in [6, 6.07) is 11.5. The first-order valence-corrected chi connectivity index (χ1v) is 15.9. The highest BCUT2D eigenvalue weighted by molar-refractivity contribution is 7.89. The fraction of sp³-hybridized carbons (Fsp3) is 0.548. The standard InChI is InChI=1S/C31H43N3O6S/c1-21-18-34(22(2)20-35)41(38,39)29-16-15-26(23-11-13-25(14-12-23)30(36)32(3)4)17-27(29)40-28(21)19-33(5)31(37)24-9-7-6-8-10-24/h11-17,21-22,24,28,35H,6-10,18-20H2,1-5H3/t21-,22-,28-/m0/s1. The Kier molecular flexibility index (Phi) is 9.77. The lowest BCUT2D eigenvalue weighted by Crippen LogP contribution is -2.50. The Bertz CT molecular complexity index is 1340. The molecule has 4 rings (SSSR count). The van der Waals surface area contributed by atoms with Crippen LogP contribution in [-0.4, -0.2) is 92.4 Å². The Labute approximate surface area is 244 Å². The van der Waals surface area contributed by atoms with E-state index in [9.17, 15) is 23.1 Å². The fourth-order valence-electron chi connectivity index (χ4n) is 5.71. The molecule has 2 aromatic carbocycles. The van der Waals surface area contributed by atoms with E-state index >= 15 is 0 Å². The van der Waals surface area contributed by atoms with Crippen molar-refractivity contribution < 1.29 is 27.9 Å². The number of carbonyl (C=O) groups is 2. The third-order valence-corrected chi connectivity index (χ3v) is 10.3. The molecule has 2 aliphatic rings. The molecule has 1 N–H and O–H groups in total. The lowest BCUT2D eigenvalue weighted by Gasteiger charge is -2.38. The van der Waals surface area contributed by atoms with Crippen molar-refractivity contribution in [3.05, 3.63) is 48.0 Å². The zero-order valence-corrected chi connectivity index (χ0v) is 25.6. The van der Waals surface area contributed by atoms with Gasteiger partial charge in [-0.2, -0.15) is 4.31 Å². The van der Waals surface area contributed by atoms with Crippen LogP contribution >= 0.6 is 0 Å². The SMILES string of the molecule is C[C@H]1CN([C@@H](C)CO)S(=O)(=O)c2ccc(-c3ccc(C(=O)N(C)C)cc3)cc2O[C@H]1CN(C)C(=O)C1CCCCC1. The minimum atomic E-state index is -3.98. The third-order valence-electron chi connectivity index (χ3n) is 8.32. The van der Waals surface area contributed by atoms with E-state index in [1.165, 1.54) is 9.21 Å². The Morgan fingerprint density at radius 1 is 1.02 bits per heavy atom. The molecule has 0 radical (unpaired) electrons. The quantitative estimate of drug-likeness (QED) is 0.529. The highest BCUT2D eigenvalue weighted by Crippen LogP contribution is 2.37. The van der Waals surface area contributed by atoms with Gasteiger partial charge in [0.05, 0.1) is 13.2 Å². The number of aliphatic hydroxyl groups is 1. The second kappa shape index (κ2) is 12.9. The molecule has 0 saturated heterocycles. The van der Waals surface area contributed by atoms with Gasteiger partial charge in [-0.3, -0.25) is 9.59 Å². The number of benzene rings is 2. The number of carbonyl (C=O) groups excluding carboxylic acids is 2. The minimum Gasteiger partial charge on any atom is -0.487 e. The summed E-state index contributed by atoms with van der Waals surface area (Å²) in [5, 5.41) is 9.92. The highest BCUT2D eigenvalue weighted by atomic mass is 32.2. The number of fused-ring (bicyclic) bond motifs is 1. The molecule has 2 aromatic rings. The molecule has 1 heterocycles. The van der Waals surface area contributed by atoms with E-state index in [1.54, 1.807) is 63.3 Å². The number of likely N-dealkylation sites (N-methyl/N-ethyl adjacent to an activating group) is 1. The van der Waals surface area contributed by atoms with E-state index in [4.69, 9.17) is 4.74 Å². The first kappa shape index (κ1) is 31.0. The second-order valence-corrected chi connectivity index (χ2v) is 13.6. The number of rotatable bonds is 7. The van der Waals surface area contributed by atoms with Crippen molar-refractivity contribution in [3.8, 4) is 16.9 Å². The zero-order chi connectivity index (χ0) is 29.9. The number of nitrogens with zero attached hydrogens (tertiary/aromatic N) is 3. The van der Waals surface area contributed by atoms with Crippen LogP contribution in [0.1, 0.15) is 56.3 Å². The topological polar surface area (TPSA) is 107 Å². The average molecular weight is 586 g/mol. The molecular weight excluding hydrogens is 542 g/mol. The largest absolute Gasteiger partial charge is 0.487 e. The maximum atomic E-state index is 13.8. The molecule has 0 spiro atoms. The molecule has 224 valence electrons. The van der Waals surface area contributed by atoms with Crippen LogP contribution in [0.4, 0.5) is 0 Å². The van der Waals surface area contributed by atoms with Crippen LogP contribution in [0.25, 0.3) is 11.1 Å². The van der Waals surface area contributed by atoms with E-state index in [0.29, 0.717) is 12.1 Å². The summed E-state index contributed by atoms with van der Waals surface area (Å²) in [5.41, 5.74) is 2.10. The molecule has 1 fully saturated rings. The van der Waals surface area contributed by atoms with Crippen molar-refractivity contribution in [2.75, 3.05) is 40.8 Å². The van der Waals surface area contributed by atoms with Gasteiger partial charge in [-0.05, 0) is 55.2 Å². The van der Waals surface area contributed by atoms with Crippen molar-refractivity contribution >= 4 is 21.8 Å². The lowest BCUT2D eigenvalue weighted by molar-refractivity contribution is -0.136. The number of ether oxygens (including phenoxy) is 1. The van der Waals surface area contributed by atoms with Gasteiger partial charge in [0.2, 0.25) is 15.9 Å². The van der Waals surface area contributed by atoms with Crippen LogP contribution in [0.3, 0.4) is 0 Å². The van der Waals surface area contributed by atoms with E-state index < -0.39 is 22.2 Å². The van der Waals surface area contributed by atoms with Crippen LogP contribution < -0.4 is 4.74 Å². The van der Waals surface area contributed by atoms with Crippen molar-refractivity contribution in [1.82, 2.24) is 14.1 Å². The van der Waals surface area contributed by atoms with Crippen molar-refractivity contribution in [2.45, 2.75) is 63.0 Å². The molecular formula is C31H43N3O6S. The van der Waals surface area contributed by atoms with Crippen molar-refractivity contribution in [2.24, 2.45) is 11.8 Å². The molecule has 0 aromatic heterocycles. The summed E-state index contributed by atoms with van der Waals surface area (Å²) in [5.74, 6) is -0.0251. The lowest BCUT2D eigenvalue weighted by atomic mass is 9.88. The van der Waals surface area contributed by atoms with Gasteiger partial charge in [0, 0.05) is 51.1 Å². The van der Waals surface area contributed by atoms with Gasteiger partial charge in [-0.25, -0.2) is 8.42 Å². The third kappa shape index (κ3) is 6.76. The molecule has 3 atom stereocenters.